The molecular weight excluding hydrogens is 373 g/mol. The van der Waals surface area contributed by atoms with Crippen molar-refractivity contribution in [1.82, 2.24) is 4.98 Å². The van der Waals surface area contributed by atoms with Crippen LogP contribution in [0.3, 0.4) is 0 Å². The summed E-state index contributed by atoms with van der Waals surface area (Å²) in [6.07, 6.45) is 4.31. The predicted octanol–water partition coefficient (Wildman–Crippen LogP) is 0.971. The number of carboxylic acids is 1. The Kier molecular flexibility index (Phi) is 8.32. The summed E-state index contributed by atoms with van der Waals surface area (Å²) >= 11 is 5.99. The molecule has 4 nitrogen and oxygen atoms in total. The molecule has 132 valence electrons. The predicted molar refractivity (Wildman–Crippen MR) is 102 cm³/mol. The van der Waals surface area contributed by atoms with Crippen molar-refractivity contribution in [3.8, 4) is 5.75 Å². The number of aromatic nitrogens is 1. The van der Waals surface area contributed by atoms with Crippen molar-refractivity contribution in [2.45, 2.75) is 12.8 Å². The Balaban J connectivity index is 0.00000261. The number of pyridine rings is 1. The third-order valence-corrected chi connectivity index (χ3v) is 4.01. The van der Waals surface area contributed by atoms with Gasteiger partial charge in [0, 0.05) is 16.4 Å². The van der Waals surface area contributed by atoms with Crippen molar-refractivity contribution >= 4 is 40.6 Å². The van der Waals surface area contributed by atoms with Gasteiger partial charge >= 0.3 is 29.6 Å². The van der Waals surface area contributed by atoms with Crippen LogP contribution in [0, 0.1) is 0 Å². The van der Waals surface area contributed by atoms with Crippen molar-refractivity contribution in [1.29, 1.82) is 0 Å². The van der Waals surface area contributed by atoms with Crippen LogP contribution >= 0.6 is 11.6 Å². The fraction of sp³-hybridized carbons (Fsp3) is 0.143. The normalized spacial score (nSPS) is 10.7. The molecule has 3 aromatic rings. The molecule has 1 heterocycles. The van der Waals surface area contributed by atoms with E-state index in [0.717, 1.165) is 22.2 Å². The van der Waals surface area contributed by atoms with Gasteiger partial charge in [0.15, 0.2) is 0 Å². The molecule has 0 bridgehead atoms. The molecule has 0 radical (unpaired) electrons. The number of halogens is 1. The number of carbonyl (C=O) groups excluding carboxylic acids is 1. The van der Waals surface area contributed by atoms with E-state index in [1.54, 1.807) is 0 Å². The first kappa shape index (κ1) is 21.5. The number of fused-ring (bicyclic) bond motifs is 1. The summed E-state index contributed by atoms with van der Waals surface area (Å²) in [5.74, 6) is -0.359. The minimum absolute atomic E-state index is 0. The molecule has 2 aromatic carbocycles. The Hall–Kier alpha value is -1.85. The average molecular weight is 390 g/mol. The molecule has 0 aliphatic carbocycles. The first-order valence-electron chi connectivity index (χ1n) is 8.27. The second-order valence-electron chi connectivity index (χ2n) is 5.80. The van der Waals surface area contributed by atoms with E-state index >= 15 is 0 Å². The second kappa shape index (κ2) is 10.5. The summed E-state index contributed by atoms with van der Waals surface area (Å²) in [4.78, 5) is 15.0. The fourth-order valence-corrected chi connectivity index (χ4v) is 2.68. The first-order chi connectivity index (χ1) is 12.6. The van der Waals surface area contributed by atoms with Gasteiger partial charge in [-0.15, -0.1) is 0 Å². The number of benzene rings is 2. The average Bonchev–Trinajstić information content (AvgIpc) is 2.64. The second-order valence-corrected chi connectivity index (χ2v) is 6.24. The maximum atomic E-state index is 10.4. The molecule has 0 saturated heterocycles. The molecule has 27 heavy (non-hydrogen) atoms. The maximum absolute atomic E-state index is 10.4. The van der Waals surface area contributed by atoms with E-state index in [-0.39, 0.29) is 36.0 Å². The zero-order valence-electron chi connectivity index (χ0n) is 15.0. The molecule has 0 atom stereocenters. The van der Waals surface area contributed by atoms with Gasteiger partial charge in [-0.3, -0.25) is 0 Å². The van der Waals surface area contributed by atoms with E-state index in [1.807, 2.05) is 66.7 Å². The quantitative estimate of drug-likeness (QED) is 0.446. The maximum Gasteiger partial charge on any atom is 1.00 e. The number of hydrogen-bond donors (Lipinski definition) is 0. The number of carbonyl (C=O) groups is 1. The van der Waals surface area contributed by atoms with Gasteiger partial charge in [-0.1, -0.05) is 35.9 Å². The number of hydrogen-bond acceptors (Lipinski definition) is 4. The van der Waals surface area contributed by atoms with Crippen molar-refractivity contribution in [3.05, 3.63) is 70.9 Å². The van der Waals surface area contributed by atoms with Gasteiger partial charge in [0.2, 0.25) is 0 Å². The number of rotatable bonds is 7. The standard InChI is InChI=1S/C21H18ClNO3.Na/c22-17-8-11-20-16(14-17)7-10-18(23-20)9-6-15-3-1-4-19(13-15)26-12-2-5-21(24)25;/h1,3-4,6-11,13-14H,2,5,12H2,(H,24,25);/q;+1/p-1/b9-6+;. The molecule has 0 aliphatic heterocycles. The van der Waals surface area contributed by atoms with E-state index < -0.39 is 5.97 Å². The smallest absolute Gasteiger partial charge is 0.550 e. The summed E-state index contributed by atoms with van der Waals surface area (Å²) in [6, 6.07) is 17.1. The van der Waals surface area contributed by atoms with Crippen molar-refractivity contribution in [3.63, 3.8) is 0 Å². The molecule has 0 N–H and O–H groups in total. The number of nitrogens with zero attached hydrogens (tertiary/aromatic N) is 1. The Morgan fingerprint density at radius 2 is 1.96 bits per heavy atom. The van der Waals surface area contributed by atoms with Crippen molar-refractivity contribution in [2.75, 3.05) is 6.61 Å². The molecule has 0 amide bonds. The molecule has 0 saturated carbocycles. The minimum Gasteiger partial charge on any atom is -0.550 e. The van der Waals surface area contributed by atoms with Crippen LogP contribution in [0.5, 0.6) is 5.75 Å². The fourth-order valence-electron chi connectivity index (χ4n) is 2.50. The van der Waals surface area contributed by atoms with Gasteiger partial charge in [0.25, 0.3) is 0 Å². The number of ether oxygens (including phenoxy) is 1. The largest absolute Gasteiger partial charge is 1.00 e. The Morgan fingerprint density at radius 1 is 1.11 bits per heavy atom. The topological polar surface area (TPSA) is 62.2 Å². The van der Waals surface area contributed by atoms with Crippen LogP contribution in [0.15, 0.2) is 54.6 Å². The molecule has 6 heteroatoms. The van der Waals surface area contributed by atoms with Crippen LogP contribution in [0.1, 0.15) is 24.1 Å². The summed E-state index contributed by atoms with van der Waals surface area (Å²) in [6.45, 7) is 0.343. The van der Waals surface area contributed by atoms with Crippen molar-refractivity contribution in [2.24, 2.45) is 0 Å². The third kappa shape index (κ3) is 6.67. The number of aliphatic carboxylic acids is 1. The van der Waals surface area contributed by atoms with Crippen LogP contribution in [0.2, 0.25) is 5.02 Å². The monoisotopic (exact) mass is 389 g/mol. The SMILES string of the molecule is O=C([O-])CCCOc1cccc(/C=C/c2ccc3cc(Cl)ccc3n2)c1.[Na+]. The minimum atomic E-state index is -1.06. The molecule has 0 fully saturated rings. The molecule has 3 rings (SSSR count). The van der Waals surface area contributed by atoms with E-state index in [1.165, 1.54) is 0 Å². The Morgan fingerprint density at radius 3 is 2.78 bits per heavy atom. The van der Waals surface area contributed by atoms with Gasteiger partial charge in [-0.2, -0.15) is 0 Å². The van der Waals surface area contributed by atoms with Gasteiger partial charge in [0.1, 0.15) is 5.75 Å². The van der Waals surface area contributed by atoms with E-state index in [2.05, 4.69) is 4.98 Å². The van der Waals surface area contributed by atoms with Crippen LogP contribution in [0.4, 0.5) is 0 Å². The summed E-state index contributed by atoms with van der Waals surface area (Å²) < 4.78 is 5.56. The Bertz CT molecular complexity index is 959. The molecule has 1 aromatic heterocycles. The summed E-state index contributed by atoms with van der Waals surface area (Å²) in [5, 5.41) is 12.1. The molecule has 0 spiro atoms. The van der Waals surface area contributed by atoms with Gasteiger partial charge in [-0.05, 0) is 60.9 Å². The zero-order valence-corrected chi connectivity index (χ0v) is 17.8. The first-order valence-corrected chi connectivity index (χ1v) is 8.65. The van der Waals surface area contributed by atoms with Crippen molar-refractivity contribution < 1.29 is 44.2 Å². The van der Waals surface area contributed by atoms with Crippen LogP contribution in [-0.4, -0.2) is 17.6 Å². The van der Waals surface area contributed by atoms with Gasteiger partial charge in [-0.25, -0.2) is 4.98 Å². The third-order valence-electron chi connectivity index (χ3n) is 3.77. The van der Waals surface area contributed by atoms with E-state index in [0.29, 0.717) is 23.8 Å². The van der Waals surface area contributed by atoms with Gasteiger partial charge in [0.05, 0.1) is 17.8 Å². The Labute approximate surface area is 185 Å². The summed E-state index contributed by atoms with van der Waals surface area (Å²) in [5.41, 5.74) is 2.71. The van der Waals surface area contributed by atoms with Crippen LogP contribution in [-0.2, 0) is 4.79 Å². The van der Waals surface area contributed by atoms with Gasteiger partial charge < -0.3 is 14.6 Å². The molecule has 0 unspecified atom stereocenters. The summed E-state index contributed by atoms with van der Waals surface area (Å²) in [7, 11) is 0. The van der Waals surface area contributed by atoms with Crippen LogP contribution in [0.25, 0.3) is 23.1 Å². The molecule has 0 aliphatic rings. The number of carboxylic acid groups (broad SMARTS) is 1. The zero-order chi connectivity index (χ0) is 18.4. The van der Waals surface area contributed by atoms with E-state index in [4.69, 9.17) is 16.3 Å². The van der Waals surface area contributed by atoms with Crippen LogP contribution < -0.4 is 39.4 Å². The van der Waals surface area contributed by atoms with E-state index in [9.17, 15) is 9.90 Å². The molecular formula is C21H17ClNNaO3.